The van der Waals surface area contributed by atoms with E-state index >= 15 is 0 Å². The highest BCUT2D eigenvalue weighted by Crippen LogP contribution is 2.57. The van der Waals surface area contributed by atoms with Crippen LogP contribution in [-0.4, -0.2) is 22.4 Å². The Kier molecular flexibility index (Phi) is 12.5. The lowest BCUT2D eigenvalue weighted by molar-refractivity contribution is 0.0364. The van der Waals surface area contributed by atoms with Crippen LogP contribution < -0.4 is 18.9 Å². The van der Waals surface area contributed by atoms with Crippen LogP contribution in [0, 0.1) is 17.3 Å². The summed E-state index contributed by atoms with van der Waals surface area (Å²) in [5, 5.41) is 0. The van der Waals surface area contributed by atoms with E-state index in [1.165, 1.54) is 47.9 Å². The van der Waals surface area contributed by atoms with Crippen molar-refractivity contribution >= 4 is 0 Å². The highest BCUT2D eigenvalue weighted by atomic mass is 16.5. The summed E-state index contributed by atoms with van der Waals surface area (Å²) in [6.07, 6.45) is 9.34. The molecule has 2 fully saturated rings. The molecule has 0 unspecified atom stereocenters. The maximum absolute atomic E-state index is 6.26. The lowest BCUT2D eigenvalue weighted by Gasteiger charge is -2.51. The van der Waals surface area contributed by atoms with Gasteiger partial charge in [-0.3, -0.25) is 0 Å². The molecule has 0 saturated heterocycles. The Hall–Kier alpha value is -3.92. The first-order valence-corrected chi connectivity index (χ1v) is 22.5. The minimum atomic E-state index is -0.234. The van der Waals surface area contributed by atoms with Crippen molar-refractivity contribution in [2.75, 3.05) is 0 Å². The Morgan fingerprint density at radius 3 is 0.678 bits per heavy atom. The normalized spacial score (nSPS) is 18.3. The Bertz CT molecular complexity index is 1670. The Morgan fingerprint density at radius 2 is 0.508 bits per heavy atom. The topological polar surface area (TPSA) is 36.9 Å². The smallest absolute Gasteiger partial charge is 0.120 e. The van der Waals surface area contributed by atoms with Gasteiger partial charge in [0.2, 0.25) is 0 Å². The average Bonchev–Trinajstić information content (AvgIpc) is 3.13. The zero-order valence-electron chi connectivity index (χ0n) is 39.2. The van der Waals surface area contributed by atoms with E-state index in [-0.39, 0.29) is 38.6 Å². The van der Waals surface area contributed by atoms with Crippen LogP contribution in [0.1, 0.15) is 171 Å². The molecule has 4 heteroatoms. The zero-order valence-corrected chi connectivity index (χ0v) is 39.2. The predicted molar refractivity (Wildman–Crippen MR) is 247 cm³/mol. The summed E-state index contributed by atoms with van der Waals surface area (Å²) in [7, 11) is 0. The molecule has 0 heterocycles. The van der Waals surface area contributed by atoms with Gasteiger partial charge in [-0.15, -0.1) is 0 Å². The molecule has 4 nitrogen and oxygen atoms in total. The molecule has 6 rings (SSSR count). The summed E-state index contributed by atoms with van der Waals surface area (Å²) in [5.41, 5.74) is 4.73. The first kappa shape index (κ1) is 44.6. The van der Waals surface area contributed by atoms with Gasteiger partial charge in [-0.25, -0.2) is 0 Å². The lowest BCUT2D eigenvalue weighted by atomic mass is 9.53. The Morgan fingerprint density at radius 1 is 0.322 bits per heavy atom. The minimum Gasteiger partial charge on any atom is -0.488 e. The van der Waals surface area contributed by atoms with Crippen LogP contribution >= 0.6 is 0 Å². The van der Waals surface area contributed by atoms with Crippen LogP contribution in [-0.2, 0) is 10.8 Å². The zero-order chi connectivity index (χ0) is 43.1. The van der Waals surface area contributed by atoms with E-state index in [9.17, 15) is 0 Å². The Labute approximate surface area is 358 Å². The molecule has 4 aromatic rings. The van der Waals surface area contributed by atoms with Gasteiger partial charge < -0.3 is 18.9 Å². The van der Waals surface area contributed by atoms with Gasteiger partial charge in [-0.05, 0) is 222 Å². The van der Waals surface area contributed by atoms with Crippen molar-refractivity contribution in [2.24, 2.45) is 17.3 Å². The van der Waals surface area contributed by atoms with Gasteiger partial charge in [0.15, 0.2) is 0 Å². The lowest BCUT2D eigenvalue weighted by Crippen LogP contribution is -2.43. The van der Waals surface area contributed by atoms with Crippen LogP contribution in [0.5, 0.6) is 23.0 Å². The summed E-state index contributed by atoms with van der Waals surface area (Å²) in [6, 6.07) is 36.1. The van der Waals surface area contributed by atoms with Crippen LogP contribution in [0.25, 0.3) is 0 Å². The summed E-state index contributed by atoms with van der Waals surface area (Å²) in [4.78, 5) is 0. The van der Waals surface area contributed by atoms with E-state index in [0.29, 0.717) is 11.8 Å². The second-order valence-corrected chi connectivity index (χ2v) is 22.5. The molecule has 2 aliphatic rings. The molecule has 0 aliphatic heterocycles. The largest absolute Gasteiger partial charge is 0.488 e. The van der Waals surface area contributed by atoms with Gasteiger partial charge in [-0.1, -0.05) is 62.4 Å². The van der Waals surface area contributed by atoms with E-state index in [4.69, 9.17) is 18.9 Å². The maximum atomic E-state index is 6.26. The summed E-state index contributed by atoms with van der Waals surface area (Å²) in [5.74, 6) is 5.02. The standard InChI is InChI=1S/C55H76O4/c1-49(2,3)56-45-23-15-41(16-24-45)54(42-17-25-46(26-18-42)57-50(4,5)6)35-31-39(32-36-54)53(13,14)40-33-37-55(38-34-40,43-19-27-47(28-20-43)58-51(7,8)9)44-21-29-48(30-22-44)59-52(10,11)12/h15-30,39-40H,31-38H2,1-14H3. The molecule has 0 aromatic heterocycles. The van der Waals surface area contributed by atoms with Gasteiger partial charge in [0, 0.05) is 10.8 Å². The molecule has 2 aliphatic carbocycles. The second-order valence-electron chi connectivity index (χ2n) is 22.5. The van der Waals surface area contributed by atoms with E-state index < -0.39 is 0 Å². The summed E-state index contributed by atoms with van der Waals surface area (Å²) in [6.45, 7) is 30.5. The molecule has 320 valence electrons. The minimum absolute atomic E-state index is 0.0550. The third-order valence-corrected chi connectivity index (χ3v) is 13.1. The molecule has 59 heavy (non-hydrogen) atoms. The highest BCUT2D eigenvalue weighted by molar-refractivity contribution is 5.46. The highest BCUT2D eigenvalue weighted by Gasteiger charge is 2.48. The molecular weight excluding hydrogens is 725 g/mol. The fourth-order valence-corrected chi connectivity index (χ4v) is 10.3. The molecule has 0 atom stereocenters. The first-order chi connectivity index (χ1) is 27.4. The van der Waals surface area contributed by atoms with Crippen molar-refractivity contribution < 1.29 is 18.9 Å². The van der Waals surface area contributed by atoms with Gasteiger partial charge in [0.25, 0.3) is 0 Å². The molecule has 4 aromatic carbocycles. The monoisotopic (exact) mass is 801 g/mol. The number of ether oxygens (including phenoxy) is 4. The molecule has 0 amide bonds. The van der Waals surface area contributed by atoms with Gasteiger partial charge in [-0.2, -0.15) is 0 Å². The summed E-state index contributed by atoms with van der Waals surface area (Å²) < 4.78 is 25.0. The van der Waals surface area contributed by atoms with Crippen molar-refractivity contribution in [1.29, 1.82) is 0 Å². The number of benzene rings is 4. The van der Waals surface area contributed by atoms with Crippen molar-refractivity contribution in [2.45, 2.75) is 182 Å². The van der Waals surface area contributed by atoms with Crippen LogP contribution in [0.3, 0.4) is 0 Å². The average molecular weight is 801 g/mol. The SMILES string of the molecule is CC(C)(C)Oc1ccc(C2(c3ccc(OC(C)(C)C)cc3)CCC(C(C)(C)C3CCC(c4ccc(OC(C)(C)C)cc4)(c4ccc(OC(C)(C)C)cc4)CC3)CC2)cc1. The third-order valence-electron chi connectivity index (χ3n) is 13.1. The van der Waals surface area contributed by atoms with E-state index in [2.05, 4.69) is 194 Å². The van der Waals surface area contributed by atoms with Crippen LogP contribution in [0.15, 0.2) is 97.1 Å². The molecule has 0 spiro atoms. The number of hydrogen-bond acceptors (Lipinski definition) is 4. The molecule has 2 saturated carbocycles. The Balaban J connectivity index is 1.24. The van der Waals surface area contributed by atoms with Gasteiger partial charge >= 0.3 is 0 Å². The van der Waals surface area contributed by atoms with Crippen LogP contribution in [0.4, 0.5) is 0 Å². The predicted octanol–water partition coefficient (Wildman–Crippen LogP) is 15.1. The molecule has 0 N–H and O–H groups in total. The van der Waals surface area contributed by atoms with E-state index in [1.54, 1.807) is 0 Å². The number of hydrogen-bond donors (Lipinski definition) is 0. The van der Waals surface area contributed by atoms with E-state index in [0.717, 1.165) is 48.7 Å². The quantitative estimate of drug-likeness (QED) is 0.160. The van der Waals surface area contributed by atoms with Gasteiger partial charge in [0.05, 0.1) is 0 Å². The molecular formula is C55H76O4. The second kappa shape index (κ2) is 16.5. The maximum Gasteiger partial charge on any atom is 0.120 e. The molecule has 0 radical (unpaired) electrons. The van der Waals surface area contributed by atoms with Crippen molar-refractivity contribution in [3.8, 4) is 23.0 Å². The van der Waals surface area contributed by atoms with E-state index in [1.807, 2.05) is 0 Å². The molecule has 0 bridgehead atoms. The van der Waals surface area contributed by atoms with Crippen molar-refractivity contribution in [3.05, 3.63) is 119 Å². The van der Waals surface area contributed by atoms with Crippen molar-refractivity contribution in [1.82, 2.24) is 0 Å². The van der Waals surface area contributed by atoms with Crippen molar-refractivity contribution in [3.63, 3.8) is 0 Å². The van der Waals surface area contributed by atoms with Gasteiger partial charge in [0.1, 0.15) is 45.4 Å². The van der Waals surface area contributed by atoms with Crippen LogP contribution in [0.2, 0.25) is 0 Å². The fraction of sp³-hybridized carbons (Fsp3) is 0.564. The first-order valence-electron chi connectivity index (χ1n) is 22.5. The summed E-state index contributed by atoms with van der Waals surface area (Å²) >= 11 is 0. The third kappa shape index (κ3) is 10.9. The number of rotatable bonds is 10. The fourth-order valence-electron chi connectivity index (χ4n) is 10.3.